The zero-order valence-electron chi connectivity index (χ0n) is 13.1. The van der Waals surface area contributed by atoms with E-state index in [1.165, 1.54) is 32.1 Å². The van der Waals surface area contributed by atoms with Crippen molar-refractivity contribution >= 4 is 5.91 Å². The Balaban J connectivity index is 1.65. The normalized spacial score (nSPS) is 31.4. The monoisotopic (exact) mass is 280 g/mol. The van der Waals surface area contributed by atoms with Crippen molar-refractivity contribution < 1.29 is 4.79 Å². The number of hydrogen-bond acceptors (Lipinski definition) is 2. The molecule has 0 spiro atoms. The van der Waals surface area contributed by atoms with Crippen molar-refractivity contribution in [2.45, 2.75) is 64.7 Å². The maximum atomic E-state index is 12.3. The lowest BCUT2D eigenvalue weighted by molar-refractivity contribution is -0.127. The summed E-state index contributed by atoms with van der Waals surface area (Å²) in [6.45, 7) is 3.75. The molecule has 116 valence electrons. The molecule has 2 aliphatic rings. The van der Waals surface area contributed by atoms with Crippen LogP contribution in [0.15, 0.2) is 0 Å². The third-order valence-corrected chi connectivity index (χ3v) is 5.49. The van der Waals surface area contributed by atoms with Gasteiger partial charge in [-0.1, -0.05) is 32.6 Å². The van der Waals surface area contributed by atoms with Gasteiger partial charge in [0.15, 0.2) is 0 Å². The van der Waals surface area contributed by atoms with Crippen molar-refractivity contribution in [2.24, 2.45) is 29.4 Å². The van der Waals surface area contributed by atoms with E-state index < -0.39 is 0 Å². The summed E-state index contributed by atoms with van der Waals surface area (Å²) in [5.74, 6) is 2.95. The van der Waals surface area contributed by atoms with Gasteiger partial charge in [0.05, 0.1) is 0 Å². The Morgan fingerprint density at radius 1 is 1.20 bits per heavy atom. The smallest absolute Gasteiger partial charge is 0.223 e. The number of amides is 1. The van der Waals surface area contributed by atoms with Crippen LogP contribution in [0.3, 0.4) is 0 Å². The van der Waals surface area contributed by atoms with E-state index in [1.54, 1.807) is 0 Å². The fourth-order valence-electron chi connectivity index (χ4n) is 4.04. The van der Waals surface area contributed by atoms with Crippen molar-refractivity contribution in [1.82, 2.24) is 5.32 Å². The van der Waals surface area contributed by atoms with Crippen molar-refractivity contribution in [1.29, 1.82) is 0 Å². The Bertz CT molecular complexity index is 305. The zero-order chi connectivity index (χ0) is 14.4. The van der Waals surface area contributed by atoms with Crippen LogP contribution in [0.5, 0.6) is 0 Å². The molecular weight excluding hydrogens is 248 g/mol. The number of hydrogen-bond donors (Lipinski definition) is 2. The van der Waals surface area contributed by atoms with Crippen molar-refractivity contribution in [2.75, 3.05) is 13.1 Å². The Morgan fingerprint density at radius 2 is 1.95 bits per heavy atom. The van der Waals surface area contributed by atoms with E-state index in [1.807, 2.05) is 0 Å². The number of nitrogens with one attached hydrogen (secondary N) is 1. The van der Waals surface area contributed by atoms with E-state index >= 15 is 0 Å². The minimum Gasteiger partial charge on any atom is -0.356 e. The molecule has 3 nitrogen and oxygen atoms in total. The third kappa shape index (κ3) is 4.47. The van der Waals surface area contributed by atoms with Gasteiger partial charge in [-0.3, -0.25) is 4.79 Å². The van der Waals surface area contributed by atoms with Crippen LogP contribution in [0.1, 0.15) is 64.7 Å². The van der Waals surface area contributed by atoms with Crippen LogP contribution in [-0.4, -0.2) is 19.0 Å². The highest BCUT2D eigenvalue weighted by atomic mass is 16.1. The largest absolute Gasteiger partial charge is 0.356 e. The van der Waals surface area contributed by atoms with Gasteiger partial charge in [-0.05, 0) is 56.4 Å². The second-order valence-corrected chi connectivity index (χ2v) is 7.09. The molecule has 0 aromatic heterocycles. The predicted molar refractivity (Wildman–Crippen MR) is 83.3 cm³/mol. The number of carbonyl (C=O) groups is 1. The van der Waals surface area contributed by atoms with Crippen molar-refractivity contribution in [3.05, 3.63) is 0 Å². The second kappa shape index (κ2) is 8.02. The van der Waals surface area contributed by atoms with E-state index in [-0.39, 0.29) is 0 Å². The lowest BCUT2D eigenvalue weighted by Crippen LogP contribution is -2.37. The Kier molecular flexibility index (Phi) is 6.34. The van der Waals surface area contributed by atoms with Gasteiger partial charge < -0.3 is 11.1 Å². The molecule has 0 aromatic rings. The maximum Gasteiger partial charge on any atom is 0.223 e. The Hall–Kier alpha value is -0.570. The zero-order valence-corrected chi connectivity index (χ0v) is 13.1. The molecule has 1 amide bonds. The van der Waals surface area contributed by atoms with E-state index in [4.69, 9.17) is 5.73 Å². The first-order chi connectivity index (χ1) is 9.70. The Labute approximate surface area is 124 Å². The van der Waals surface area contributed by atoms with Gasteiger partial charge in [0, 0.05) is 12.5 Å². The number of carbonyl (C=O) groups excluding carboxylic acids is 1. The average Bonchev–Trinajstić information content (AvgIpc) is 2.50. The highest BCUT2D eigenvalue weighted by molar-refractivity contribution is 5.78. The fourth-order valence-corrected chi connectivity index (χ4v) is 4.04. The van der Waals surface area contributed by atoms with Crippen molar-refractivity contribution in [3.8, 4) is 0 Å². The van der Waals surface area contributed by atoms with E-state index in [0.717, 1.165) is 50.6 Å². The molecule has 20 heavy (non-hydrogen) atoms. The first-order valence-corrected chi connectivity index (χ1v) is 8.68. The molecule has 4 atom stereocenters. The summed E-state index contributed by atoms with van der Waals surface area (Å²) in [5, 5.41) is 3.15. The summed E-state index contributed by atoms with van der Waals surface area (Å²) in [5.41, 5.74) is 5.61. The van der Waals surface area contributed by atoms with Crippen LogP contribution in [0.2, 0.25) is 0 Å². The molecule has 0 aliphatic heterocycles. The summed E-state index contributed by atoms with van der Waals surface area (Å²) in [6.07, 6.45) is 11.3. The maximum absolute atomic E-state index is 12.3. The molecular formula is C17H32N2O. The first-order valence-electron chi connectivity index (χ1n) is 8.68. The molecule has 0 bridgehead atoms. The van der Waals surface area contributed by atoms with Crippen LogP contribution < -0.4 is 11.1 Å². The van der Waals surface area contributed by atoms with Crippen LogP contribution in [-0.2, 0) is 4.79 Å². The molecule has 2 fully saturated rings. The van der Waals surface area contributed by atoms with Crippen LogP contribution >= 0.6 is 0 Å². The van der Waals surface area contributed by atoms with Gasteiger partial charge in [0.1, 0.15) is 0 Å². The van der Waals surface area contributed by atoms with Crippen LogP contribution in [0.4, 0.5) is 0 Å². The van der Waals surface area contributed by atoms with E-state index in [9.17, 15) is 4.79 Å². The quantitative estimate of drug-likeness (QED) is 0.735. The lowest BCUT2D eigenvalue weighted by atomic mass is 9.67. The van der Waals surface area contributed by atoms with Gasteiger partial charge in [-0.15, -0.1) is 0 Å². The minimum absolute atomic E-state index is 0.293. The van der Waals surface area contributed by atoms with E-state index in [0.29, 0.717) is 17.7 Å². The average molecular weight is 280 g/mol. The standard InChI is InChI=1S/C17H32N2O/c1-13(12-18)5-4-10-19-17(20)16-9-8-14-6-2-3-7-15(14)11-16/h13-16H,2-12,18H2,1H3,(H,19,20). The number of rotatable bonds is 6. The topological polar surface area (TPSA) is 55.1 Å². The summed E-state index contributed by atoms with van der Waals surface area (Å²) in [7, 11) is 0. The Morgan fingerprint density at radius 3 is 2.70 bits per heavy atom. The van der Waals surface area contributed by atoms with Crippen LogP contribution in [0.25, 0.3) is 0 Å². The molecule has 3 heteroatoms. The van der Waals surface area contributed by atoms with Gasteiger partial charge in [-0.25, -0.2) is 0 Å². The number of fused-ring (bicyclic) bond motifs is 1. The summed E-state index contributed by atoms with van der Waals surface area (Å²) in [4.78, 5) is 12.3. The minimum atomic E-state index is 0.293. The van der Waals surface area contributed by atoms with Gasteiger partial charge in [-0.2, -0.15) is 0 Å². The lowest BCUT2D eigenvalue weighted by Gasteiger charge is -2.38. The molecule has 2 rings (SSSR count). The third-order valence-electron chi connectivity index (χ3n) is 5.49. The predicted octanol–water partition coefficient (Wildman–Crippen LogP) is 3.08. The highest BCUT2D eigenvalue weighted by Gasteiger charge is 2.34. The first kappa shape index (κ1) is 15.8. The summed E-state index contributed by atoms with van der Waals surface area (Å²) < 4.78 is 0. The summed E-state index contributed by atoms with van der Waals surface area (Å²) >= 11 is 0. The SMILES string of the molecule is CC(CN)CCCNC(=O)C1CCC2CCCCC2C1. The molecule has 2 saturated carbocycles. The van der Waals surface area contributed by atoms with Gasteiger partial charge in [0.25, 0.3) is 0 Å². The molecule has 2 aliphatic carbocycles. The van der Waals surface area contributed by atoms with Crippen molar-refractivity contribution in [3.63, 3.8) is 0 Å². The van der Waals surface area contributed by atoms with E-state index in [2.05, 4.69) is 12.2 Å². The molecule has 3 N–H and O–H groups in total. The molecule has 0 aromatic carbocycles. The molecule has 0 radical (unpaired) electrons. The van der Waals surface area contributed by atoms with Gasteiger partial charge >= 0.3 is 0 Å². The molecule has 4 unspecified atom stereocenters. The number of nitrogens with two attached hydrogens (primary N) is 1. The molecule has 0 saturated heterocycles. The highest BCUT2D eigenvalue weighted by Crippen LogP contribution is 2.42. The van der Waals surface area contributed by atoms with Gasteiger partial charge in [0.2, 0.25) is 5.91 Å². The fraction of sp³-hybridized carbons (Fsp3) is 0.941. The second-order valence-electron chi connectivity index (χ2n) is 7.09. The van der Waals surface area contributed by atoms with Crippen LogP contribution in [0, 0.1) is 23.7 Å². The molecule has 0 heterocycles. The summed E-state index contributed by atoms with van der Waals surface area (Å²) in [6, 6.07) is 0.